The molecule has 1 aliphatic rings. The molecule has 0 saturated carbocycles. The molecule has 2 atom stereocenters. The summed E-state index contributed by atoms with van der Waals surface area (Å²) in [6, 6.07) is 17.8. The van der Waals surface area contributed by atoms with Crippen molar-refractivity contribution >= 4 is 23.4 Å². The molecule has 1 aliphatic heterocycles. The Kier molecular flexibility index (Phi) is 5.81. The van der Waals surface area contributed by atoms with E-state index in [1.807, 2.05) is 6.07 Å². The topological polar surface area (TPSA) is 57.7 Å². The molecule has 4 rings (SSSR count). The quantitative estimate of drug-likeness (QED) is 0.556. The lowest BCUT2D eigenvalue weighted by Gasteiger charge is -2.33. The first-order chi connectivity index (χ1) is 15.4. The molecule has 1 heterocycles. The summed E-state index contributed by atoms with van der Waals surface area (Å²) in [5.41, 5.74) is 0.767. The Morgan fingerprint density at radius 1 is 0.938 bits per heavy atom. The molecule has 0 aromatic heterocycles. The summed E-state index contributed by atoms with van der Waals surface area (Å²) in [6.07, 6.45) is -0.256. The van der Waals surface area contributed by atoms with Gasteiger partial charge < -0.3 is 4.90 Å². The second-order valence-corrected chi connectivity index (χ2v) is 7.54. The zero-order valence-corrected chi connectivity index (χ0v) is 17.2. The van der Waals surface area contributed by atoms with E-state index in [4.69, 9.17) is 0 Å². The van der Waals surface area contributed by atoms with Gasteiger partial charge in [-0.3, -0.25) is 14.4 Å². The van der Waals surface area contributed by atoms with Gasteiger partial charge in [0.2, 0.25) is 5.91 Å². The Hall–Kier alpha value is -3.87. The van der Waals surface area contributed by atoms with Crippen LogP contribution in [0.4, 0.5) is 14.5 Å². The number of benzene rings is 3. The van der Waals surface area contributed by atoms with Crippen LogP contribution in [0.3, 0.4) is 0 Å². The molecule has 0 bridgehead atoms. The van der Waals surface area contributed by atoms with Crippen molar-refractivity contribution in [2.45, 2.75) is 25.4 Å². The lowest BCUT2D eigenvalue weighted by Crippen LogP contribution is -2.47. The molecule has 1 saturated heterocycles. The van der Waals surface area contributed by atoms with Gasteiger partial charge in [0.15, 0.2) is 0 Å². The normalized spacial score (nSPS) is 16.8. The first-order valence-electron chi connectivity index (χ1n) is 10.1. The summed E-state index contributed by atoms with van der Waals surface area (Å²) >= 11 is 0. The van der Waals surface area contributed by atoms with Gasteiger partial charge >= 0.3 is 0 Å². The van der Waals surface area contributed by atoms with Crippen molar-refractivity contribution in [1.82, 2.24) is 4.90 Å². The highest BCUT2D eigenvalue weighted by Gasteiger charge is 2.46. The van der Waals surface area contributed by atoms with Crippen LogP contribution in [0.25, 0.3) is 0 Å². The van der Waals surface area contributed by atoms with Crippen molar-refractivity contribution in [3.8, 4) is 0 Å². The first-order valence-corrected chi connectivity index (χ1v) is 10.1. The molecule has 3 amide bonds. The molecule has 162 valence electrons. The van der Waals surface area contributed by atoms with Crippen molar-refractivity contribution in [2.75, 3.05) is 4.90 Å². The number of nitrogens with zero attached hydrogens (tertiary/aromatic N) is 2. The van der Waals surface area contributed by atoms with Crippen LogP contribution in [-0.4, -0.2) is 28.7 Å². The predicted octanol–water partition coefficient (Wildman–Crippen LogP) is 4.50. The highest BCUT2D eigenvalue weighted by molar-refractivity contribution is 6.23. The summed E-state index contributed by atoms with van der Waals surface area (Å²) in [6.45, 7) is 1.73. The predicted molar refractivity (Wildman–Crippen MR) is 115 cm³/mol. The number of carbonyl (C=O) groups excluding carboxylic acids is 3. The monoisotopic (exact) mass is 434 g/mol. The molecule has 2 unspecified atom stereocenters. The van der Waals surface area contributed by atoms with Gasteiger partial charge in [-0.2, -0.15) is 0 Å². The van der Waals surface area contributed by atoms with E-state index in [0.29, 0.717) is 0 Å². The van der Waals surface area contributed by atoms with Gasteiger partial charge in [0.1, 0.15) is 17.7 Å². The third-order valence-electron chi connectivity index (χ3n) is 5.58. The molecular weight excluding hydrogens is 414 g/mol. The lowest BCUT2D eigenvalue weighted by molar-refractivity contribution is -0.123. The number of hydrogen-bond donors (Lipinski definition) is 0. The van der Waals surface area contributed by atoms with E-state index in [1.54, 1.807) is 31.2 Å². The molecule has 3 aromatic carbocycles. The third kappa shape index (κ3) is 3.89. The average molecular weight is 434 g/mol. The summed E-state index contributed by atoms with van der Waals surface area (Å²) in [5.74, 6) is -3.03. The summed E-state index contributed by atoms with van der Waals surface area (Å²) in [5, 5.41) is 0. The fourth-order valence-corrected chi connectivity index (χ4v) is 3.95. The largest absolute Gasteiger partial charge is 0.319 e. The Labute approximate surface area is 183 Å². The zero-order valence-electron chi connectivity index (χ0n) is 17.2. The van der Waals surface area contributed by atoms with E-state index >= 15 is 0 Å². The van der Waals surface area contributed by atoms with E-state index < -0.39 is 41.4 Å². The second kappa shape index (κ2) is 8.70. The van der Waals surface area contributed by atoms with Gasteiger partial charge in [-0.05, 0) is 48.9 Å². The highest BCUT2D eigenvalue weighted by Crippen LogP contribution is 2.32. The maximum Gasteiger partial charge on any atom is 0.258 e. The highest BCUT2D eigenvalue weighted by atomic mass is 19.1. The SMILES string of the molecule is CC(c1ccccc1)N(C(=O)c1ccccc1F)C1CC(=O)N(c2ccc(F)cc2)C1=O. The van der Waals surface area contributed by atoms with Crippen LogP contribution in [0.2, 0.25) is 0 Å². The molecule has 0 aliphatic carbocycles. The maximum atomic E-state index is 14.5. The van der Waals surface area contributed by atoms with Crippen LogP contribution in [0.15, 0.2) is 78.9 Å². The van der Waals surface area contributed by atoms with Crippen molar-refractivity contribution in [3.05, 3.63) is 102 Å². The number of halogens is 2. The van der Waals surface area contributed by atoms with E-state index in [0.717, 1.165) is 22.6 Å². The number of anilines is 1. The summed E-state index contributed by atoms with van der Waals surface area (Å²) in [7, 11) is 0. The van der Waals surface area contributed by atoms with Gasteiger partial charge in [-0.25, -0.2) is 13.7 Å². The van der Waals surface area contributed by atoms with Gasteiger partial charge in [0.25, 0.3) is 11.8 Å². The van der Waals surface area contributed by atoms with Crippen LogP contribution in [-0.2, 0) is 9.59 Å². The standard InChI is InChI=1S/C25H20F2N2O3/c1-16(17-7-3-2-4-8-17)28(24(31)20-9-5-6-10-21(20)27)22-15-23(30)29(25(22)32)19-13-11-18(26)12-14-19/h2-14,16,22H,15H2,1H3. The van der Waals surface area contributed by atoms with Crippen LogP contribution < -0.4 is 4.90 Å². The van der Waals surface area contributed by atoms with Gasteiger partial charge in [-0.1, -0.05) is 42.5 Å². The van der Waals surface area contributed by atoms with E-state index in [9.17, 15) is 23.2 Å². The maximum absolute atomic E-state index is 14.5. The Balaban J connectivity index is 1.75. The molecule has 7 heteroatoms. The summed E-state index contributed by atoms with van der Waals surface area (Å²) in [4.78, 5) is 41.8. The number of carbonyl (C=O) groups is 3. The fraction of sp³-hybridized carbons (Fsp3) is 0.160. The minimum Gasteiger partial charge on any atom is -0.319 e. The van der Waals surface area contributed by atoms with Gasteiger partial charge in [0.05, 0.1) is 23.7 Å². The average Bonchev–Trinajstić information content (AvgIpc) is 3.09. The molecule has 5 nitrogen and oxygen atoms in total. The summed E-state index contributed by atoms with van der Waals surface area (Å²) < 4.78 is 27.8. The van der Waals surface area contributed by atoms with Gasteiger partial charge in [0, 0.05) is 0 Å². The first kappa shape index (κ1) is 21.4. The minimum atomic E-state index is -1.13. The van der Waals surface area contributed by atoms with Crippen LogP contribution in [0.5, 0.6) is 0 Å². The van der Waals surface area contributed by atoms with Crippen molar-refractivity contribution < 1.29 is 23.2 Å². The number of rotatable bonds is 5. The lowest BCUT2D eigenvalue weighted by atomic mass is 10.0. The molecular formula is C25H20F2N2O3. The number of imide groups is 1. The Bertz CT molecular complexity index is 1170. The molecule has 0 spiro atoms. The molecule has 32 heavy (non-hydrogen) atoms. The number of amides is 3. The van der Waals surface area contributed by atoms with E-state index in [2.05, 4.69) is 0 Å². The minimum absolute atomic E-state index is 0.184. The molecule has 0 N–H and O–H groups in total. The van der Waals surface area contributed by atoms with Crippen LogP contribution >= 0.6 is 0 Å². The van der Waals surface area contributed by atoms with Crippen LogP contribution in [0.1, 0.15) is 35.3 Å². The third-order valence-corrected chi connectivity index (χ3v) is 5.58. The number of hydrogen-bond acceptors (Lipinski definition) is 3. The van der Waals surface area contributed by atoms with Crippen molar-refractivity contribution in [1.29, 1.82) is 0 Å². The fourth-order valence-electron chi connectivity index (χ4n) is 3.95. The Morgan fingerprint density at radius 3 is 2.22 bits per heavy atom. The smallest absolute Gasteiger partial charge is 0.258 e. The zero-order chi connectivity index (χ0) is 22.8. The van der Waals surface area contributed by atoms with Gasteiger partial charge in [-0.15, -0.1) is 0 Å². The van der Waals surface area contributed by atoms with Crippen molar-refractivity contribution in [2.24, 2.45) is 0 Å². The van der Waals surface area contributed by atoms with Crippen molar-refractivity contribution in [3.63, 3.8) is 0 Å². The molecule has 3 aromatic rings. The van der Waals surface area contributed by atoms with E-state index in [1.165, 1.54) is 41.3 Å². The Morgan fingerprint density at radius 2 is 1.56 bits per heavy atom. The molecule has 1 fully saturated rings. The second-order valence-electron chi connectivity index (χ2n) is 7.54. The van der Waals surface area contributed by atoms with E-state index in [-0.39, 0.29) is 17.7 Å². The van der Waals surface area contributed by atoms with Crippen LogP contribution in [0, 0.1) is 11.6 Å². The molecule has 0 radical (unpaired) electrons.